The lowest BCUT2D eigenvalue weighted by molar-refractivity contribution is 0.195. The van der Waals surface area contributed by atoms with Crippen LogP contribution in [0.2, 0.25) is 0 Å². The van der Waals surface area contributed by atoms with E-state index in [1.165, 1.54) is 157 Å². The van der Waals surface area contributed by atoms with Crippen molar-refractivity contribution in [2.24, 2.45) is 0 Å². The van der Waals surface area contributed by atoms with Crippen LogP contribution in [-0.2, 0) is 27.1 Å². The maximum Gasteiger partial charge on any atom is 0.252 e. The number of aryl methyl sites for hydroxylation is 1. The fourth-order valence-electron chi connectivity index (χ4n) is 16.2. The molecule has 10 aromatic rings. The first-order valence-corrected chi connectivity index (χ1v) is 31.1. The predicted molar refractivity (Wildman–Crippen MR) is 354 cm³/mol. The monoisotopic (exact) mass is 1090 g/mol. The van der Waals surface area contributed by atoms with Crippen LogP contribution in [0.15, 0.2) is 176 Å². The first-order valence-electron chi connectivity index (χ1n) is 30.3. The minimum Gasteiger partial charge on any atom is -0.334 e. The standard InChI is InChI=1S/C77H76BN3S/c1-47-39-67-71-68(40-47)80(63-35-29-49(72(2,3)4)41-55(63)48-23-15-14-16-24-48)66-46-59-58(74(8,9)56-26-18-19-27-57(56)75(59,10)11)45-62(66)78(71)61-34-32-52(43-65(61)79(67)51-31-33-54-53-25-17-20-28-69(53)82-70(54)44-51)81-64-36-30-50(73(5,6)7)42-60(64)76(12)37-21-22-38-77(76,81)13/h14-20,23-36,39-46H,21-22,37-38H2,1-13H3. The molecule has 9 aromatic carbocycles. The van der Waals surface area contributed by atoms with E-state index in [-0.39, 0.29) is 39.3 Å². The largest absolute Gasteiger partial charge is 0.334 e. The Hall–Kier alpha value is -7.34. The molecule has 1 fully saturated rings. The van der Waals surface area contributed by atoms with Gasteiger partial charge in [-0.1, -0.05) is 198 Å². The molecule has 0 N–H and O–H groups in total. The van der Waals surface area contributed by atoms with Gasteiger partial charge in [0, 0.05) is 81.8 Å². The molecule has 0 amide bonds. The Bertz CT molecular complexity index is 4340. The van der Waals surface area contributed by atoms with Gasteiger partial charge in [0.05, 0.1) is 11.2 Å². The van der Waals surface area contributed by atoms with Crippen molar-refractivity contribution in [3.05, 3.63) is 220 Å². The highest BCUT2D eigenvalue weighted by atomic mass is 32.1. The van der Waals surface area contributed by atoms with E-state index >= 15 is 0 Å². The molecule has 2 unspecified atom stereocenters. The van der Waals surface area contributed by atoms with Crippen molar-refractivity contribution in [2.75, 3.05) is 14.7 Å². The van der Waals surface area contributed by atoms with Gasteiger partial charge in [-0.2, -0.15) is 0 Å². The minimum absolute atomic E-state index is 0.00396. The molecule has 3 nitrogen and oxygen atoms in total. The first kappa shape index (κ1) is 51.5. The van der Waals surface area contributed by atoms with Crippen LogP contribution in [0.1, 0.15) is 153 Å². The maximum absolute atomic E-state index is 2.81. The van der Waals surface area contributed by atoms with Crippen LogP contribution in [0.5, 0.6) is 0 Å². The highest BCUT2D eigenvalue weighted by molar-refractivity contribution is 7.25. The molecule has 1 aromatic heterocycles. The zero-order valence-electron chi connectivity index (χ0n) is 50.4. The molecule has 408 valence electrons. The maximum atomic E-state index is 2.81. The van der Waals surface area contributed by atoms with E-state index in [1.807, 2.05) is 11.3 Å². The molecule has 0 radical (unpaired) electrons. The van der Waals surface area contributed by atoms with Crippen molar-refractivity contribution in [3.8, 4) is 11.1 Å². The van der Waals surface area contributed by atoms with Crippen molar-refractivity contribution in [1.29, 1.82) is 0 Å². The molecule has 3 aliphatic heterocycles. The highest BCUT2D eigenvalue weighted by Crippen LogP contribution is 2.62. The lowest BCUT2D eigenvalue weighted by atomic mass is 9.33. The van der Waals surface area contributed by atoms with Crippen molar-refractivity contribution in [2.45, 2.75) is 148 Å². The molecule has 2 atom stereocenters. The summed E-state index contributed by atoms with van der Waals surface area (Å²) in [5, 5.41) is 2.64. The quantitative estimate of drug-likeness (QED) is 0.163. The van der Waals surface area contributed by atoms with Crippen LogP contribution in [-0.4, -0.2) is 12.3 Å². The summed E-state index contributed by atoms with van der Waals surface area (Å²) in [7, 11) is 0. The van der Waals surface area contributed by atoms with Gasteiger partial charge >= 0.3 is 0 Å². The number of thiophene rings is 1. The summed E-state index contributed by atoms with van der Waals surface area (Å²) in [6, 6.07) is 69.6. The molecular weight excluding hydrogens is 1010 g/mol. The van der Waals surface area contributed by atoms with E-state index in [1.54, 1.807) is 0 Å². The fraction of sp³-hybridized carbons (Fsp3) is 0.299. The summed E-state index contributed by atoms with van der Waals surface area (Å²) in [6.45, 7) is 31.5. The van der Waals surface area contributed by atoms with Crippen LogP contribution in [0.4, 0.5) is 45.5 Å². The molecule has 5 heteroatoms. The summed E-state index contributed by atoms with van der Waals surface area (Å²) in [5.41, 5.74) is 27.1. The zero-order valence-corrected chi connectivity index (χ0v) is 51.2. The minimum atomic E-state index is -0.247. The number of fused-ring (bicyclic) bond motifs is 12. The SMILES string of the molecule is Cc1cc2c3c(c1)N(c1ccc(C(C)(C)C)cc1-c1ccccc1)c1cc4c(cc1B3c1ccc(N3c5ccc(C(C)(C)C)cc5C5(C)CCCCC35C)cc1N2c1ccc2c(c1)sc1ccccc12)C(C)(C)c1ccccc1C4(C)C. The van der Waals surface area contributed by atoms with E-state index in [0.29, 0.717) is 0 Å². The van der Waals surface area contributed by atoms with Crippen molar-refractivity contribution in [3.63, 3.8) is 0 Å². The van der Waals surface area contributed by atoms with E-state index in [2.05, 4.69) is 281 Å². The Morgan fingerprint density at radius 3 is 1.76 bits per heavy atom. The first-order chi connectivity index (χ1) is 39.1. The second-order valence-corrected chi connectivity index (χ2v) is 29.7. The van der Waals surface area contributed by atoms with Gasteiger partial charge in [-0.05, 0) is 171 Å². The average Bonchev–Trinajstić information content (AvgIpc) is 1.96. The molecule has 5 aliphatic rings. The number of hydrogen-bond donors (Lipinski definition) is 0. The third kappa shape index (κ3) is 7.14. The van der Waals surface area contributed by atoms with Crippen LogP contribution in [0.25, 0.3) is 31.3 Å². The molecule has 0 bridgehead atoms. The molecule has 4 heterocycles. The summed E-state index contributed by atoms with van der Waals surface area (Å²) in [6.07, 6.45) is 4.81. The Balaban J connectivity index is 1.05. The van der Waals surface area contributed by atoms with E-state index in [0.717, 1.165) is 6.42 Å². The topological polar surface area (TPSA) is 9.72 Å². The lowest BCUT2D eigenvalue weighted by Crippen LogP contribution is -2.62. The molecule has 2 aliphatic carbocycles. The fourth-order valence-corrected chi connectivity index (χ4v) is 17.4. The van der Waals surface area contributed by atoms with Crippen LogP contribution < -0.4 is 31.1 Å². The zero-order chi connectivity index (χ0) is 56.8. The normalized spacial score (nSPS) is 20.0. The molecule has 0 saturated heterocycles. The summed E-state index contributed by atoms with van der Waals surface area (Å²) in [5.74, 6) is 0. The Labute approximate surface area is 491 Å². The summed E-state index contributed by atoms with van der Waals surface area (Å²) >= 11 is 1.91. The van der Waals surface area contributed by atoms with E-state index in [9.17, 15) is 0 Å². The van der Waals surface area contributed by atoms with Gasteiger partial charge in [-0.15, -0.1) is 11.3 Å². The molecule has 0 spiro atoms. The van der Waals surface area contributed by atoms with Crippen molar-refractivity contribution in [1.82, 2.24) is 0 Å². The number of nitrogens with zero attached hydrogens (tertiary/aromatic N) is 3. The van der Waals surface area contributed by atoms with Gasteiger partial charge < -0.3 is 14.7 Å². The Morgan fingerprint density at radius 1 is 0.439 bits per heavy atom. The van der Waals surface area contributed by atoms with Crippen molar-refractivity contribution >= 4 is 100 Å². The smallest absolute Gasteiger partial charge is 0.252 e. The molecule has 15 rings (SSSR count). The predicted octanol–water partition coefficient (Wildman–Crippen LogP) is 19.4. The van der Waals surface area contributed by atoms with Crippen LogP contribution >= 0.6 is 11.3 Å². The number of benzene rings is 9. The van der Waals surface area contributed by atoms with Crippen molar-refractivity contribution < 1.29 is 0 Å². The lowest BCUT2D eigenvalue weighted by Gasteiger charge is -2.51. The van der Waals surface area contributed by atoms with Gasteiger partial charge in [0.25, 0.3) is 6.71 Å². The second kappa shape index (κ2) is 17.4. The van der Waals surface area contributed by atoms with Gasteiger partial charge in [0.2, 0.25) is 0 Å². The average molecular weight is 1090 g/mol. The van der Waals surface area contributed by atoms with Crippen LogP contribution in [0.3, 0.4) is 0 Å². The van der Waals surface area contributed by atoms with Gasteiger partial charge in [-0.3, -0.25) is 0 Å². The van der Waals surface area contributed by atoms with E-state index in [4.69, 9.17) is 0 Å². The number of anilines is 8. The number of hydrogen-bond acceptors (Lipinski definition) is 4. The Morgan fingerprint density at radius 2 is 1.04 bits per heavy atom. The summed E-state index contributed by atoms with van der Waals surface area (Å²) < 4.78 is 2.63. The number of rotatable bonds is 4. The third-order valence-electron chi connectivity index (χ3n) is 21.0. The molecule has 1 saturated carbocycles. The van der Waals surface area contributed by atoms with Crippen LogP contribution in [0, 0.1) is 6.92 Å². The van der Waals surface area contributed by atoms with E-state index < -0.39 is 0 Å². The summed E-state index contributed by atoms with van der Waals surface area (Å²) in [4.78, 5) is 8.18. The van der Waals surface area contributed by atoms with Gasteiger partial charge in [0.1, 0.15) is 0 Å². The van der Waals surface area contributed by atoms with Gasteiger partial charge in [0.15, 0.2) is 0 Å². The second-order valence-electron chi connectivity index (χ2n) is 28.6. The third-order valence-corrected chi connectivity index (χ3v) is 22.1. The molecular formula is C77H76BN3S. The van der Waals surface area contributed by atoms with Gasteiger partial charge in [-0.25, -0.2) is 0 Å². The molecule has 82 heavy (non-hydrogen) atoms. The Kier molecular flexibility index (Phi) is 10.9. The highest BCUT2D eigenvalue weighted by Gasteiger charge is 2.58.